The quantitative estimate of drug-likeness (QED) is 0.585. The van der Waals surface area contributed by atoms with Crippen molar-refractivity contribution in [3.63, 3.8) is 0 Å². The molecule has 10 heteroatoms. The Labute approximate surface area is 161 Å². The molecule has 0 spiro atoms. The normalized spacial score (nSPS) is 12.7. The number of alkyl halides is 3. The lowest BCUT2D eigenvalue weighted by atomic mass is 10.0. The number of carbonyl (C=O) groups excluding carboxylic acids is 1. The highest BCUT2D eigenvalue weighted by atomic mass is 32.1. The first-order chi connectivity index (χ1) is 12.5. The minimum Gasteiger partial charge on any atom is -0.459 e. The van der Waals surface area contributed by atoms with Crippen LogP contribution in [-0.2, 0) is 15.7 Å². The van der Waals surface area contributed by atoms with Gasteiger partial charge in [-0.1, -0.05) is 50.2 Å². The van der Waals surface area contributed by atoms with Crippen molar-refractivity contribution in [1.82, 2.24) is 15.1 Å². The van der Waals surface area contributed by atoms with Crippen molar-refractivity contribution in [3.8, 4) is 5.19 Å². The molecule has 0 saturated heterocycles. The maximum absolute atomic E-state index is 12.7. The Balaban J connectivity index is 2.88. The molecule has 154 valence electrons. The van der Waals surface area contributed by atoms with E-state index in [1.165, 1.54) is 7.11 Å². The molecule has 0 aliphatic carbocycles. The Bertz CT molecular complexity index is 630. The van der Waals surface area contributed by atoms with Gasteiger partial charge in [0.25, 0.3) is 11.1 Å². The topological polar surface area (TPSA) is 64.5 Å². The first-order valence-corrected chi connectivity index (χ1v) is 9.39. The van der Waals surface area contributed by atoms with Crippen LogP contribution in [0.2, 0.25) is 0 Å². The van der Waals surface area contributed by atoms with Crippen LogP contribution in [0, 0.1) is 11.8 Å². The molecule has 6 nitrogen and oxygen atoms in total. The second kappa shape index (κ2) is 10.6. The van der Waals surface area contributed by atoms with E-state index in [4.69, 9.17) is 9.47 Å². The molecular weight excluding hydrogens is 383 g/mol. The van der Waals surface area contributed by atoms with Gasteiger partial charge in [-0.25, -0.2) is 0 Å². The van der Waals surface area contributed by atoms with Crippen molar-refractivity contribution in [1.29, 1.82) is 0 Å². The zero-order valence-electron chi connectivity index (χ0n) is 16.2. The third kappa shape index (κ3) is 8.25. The standard InChI is InChI=1S/C17H26F3N3O3S/c1-11(2)8-13(9-12(3)4)23(6-7-25-5)14(24)10-26-16-22-21-15(27-16)17(18,19)20/h8,11-12H,6-7,9-10H2,1-5H3. The summed E-state index contributed by atoms with van der Waals surface area (Å²) in [6.45, 7) is 8.34. The third-order valence-corrected chi connectivity index (χ3v) is 4.16. The van der Waals surface area contributed by atoms with E-state index < -0.39 is 17.8 Å². The van der Waals surface area contributed by atoms with Gasteiger partial charge in [0, 0.05) is 19.4 Å². The molecule has 0 aromatic carbocycles. The van der Waals surface area contributed by atoms with Crippen LogP contribution in [0.3, 0.4) is 0 Å². The van der Waals surface area contributed by atoms with E-state index in [1.54, 1.807) is 4.90 Å². The van der Waals surface area contributed by atoms with Crippen LogP contribution in [-0.4, -0.2) is 47.9 Å². The Morgan fingerprint density at radius 1 is 1.26 bits per heavy atom. The monoisotopic (exact) mass is 409 g/mol. The van der Waals surface area contributed by atoms with Gasteiger partial charge in [0.1, 0.15) is 0 Å². The zero-order valence-corrected chi connectivity index (χ0v) is 17.0. The molecule has 0 saturated carbocycles. The summed E-state index contributed by atoms with van der Waals surface area (Å²) in [6.07, 6.45) is -1.90. The number of hydrogen-bond donors (Lipinski definition) is 0. The summed E-state index contributed by atoms with van der Waals surface area (Å²) < 4.78 is 47.9. The molecule has 1 aromatic heterocycles. The highest BCUT2D eigenvalue weighted by Gasteiger charge is 2.36. The van der Waals surface area contributed by atoms with Crippen LogP contribution >= 0.6 is 11.3 Å². The molecule has 0 fully saturated rings. The Hall–Kier alpha value is -1.68. The molecule has 27 heavy (non-hydrogen) atoms. The average molecular weight is 409 g/mol. The summed E-state index contributed by atoms with van der Waals surface area (Å²) in [5.41, 5.74) is 0.846. The predicted molar refractivity (Wildman–Crippen MR) is 96.4 cm³/mol. The molecule has 1 heterocycles. The minimum atomic E-state index is -4.59. The molecule has 0 atom stereocenters. The van der Waals surface area contributed by atoms with Crippen molar-refractivity contribution in [2.45, 2.75) is 40.3 Å². The lowest BCUT2D eigenvalue weighted by Crippen LogP contribution is -2.37. The van der Waals surface area contributed by atoms with Crippen molar-refractivity contribution < 1.29 is 27.4 Å². The van der Waals surface area contributed by atoms with Crippen molar-refractivity contribution in [2.75, 3.05) is 26.9 Å². The Morgan fingerprint density at radius 3 is 2.41 bits per heavy atom. The van der Waals surface area contributed by atoms with Gasteiger partial charge in [-0.15, -0.1) is 5.10 Å². The van der Waals surface area contributed by atoms with Gasteiger partial charge in [-0.2, -0.15) is 13.2 Å². The van der Waals surface area contributed by atoms with Crippen LogP contribution in [0.1, 0.15) is 39.1 Å². The number of amides is 1. The second-order valence-corrected chi connectivity index (χ2v) is 7.64. The molecule has 1 amide bonds. The van der Waals surface area contributed by atoms with E-state index in [2.05, 4.69) is 10.2 Å². The number of aromatic nitrogens is 2. The number of hydrogen-bond acceptors (Lipinski definition) is 6. The van der Waals surface area contributed by atoms with E-state index in [0.29, 0.717) is 25.5 Å². The van der Waals surface area contributed by atoms with Gasteiger partial charge in [-0.05, 0) is 18.3 Å². The van der Waals surface area contributed by atoms with Crippen LogP contribution in [0.15, 0.2) is 11.8 Å². The lowest BCUT2D eigenvalue weighted by molar-refractivity contribution is -0.138. The molecule has 0 bridgehead atoms. The molecule has 1 aromatic rings. The second-order valence-electron chi connectivity index (χ2n) is 6.70. The Morgan fingerprint density at radius 2 is 1.93 bits per heavy atom. The van der Waals surface area contributed by atoms with E-state index in [9.17, 15) is 18.0 Å². The molecule has 0 aliphatic rings. The van der Waals surface area contributed by atoms with Gasteiger partial charge >= 0.3 is 6.18 Å². The molecule has 0 N–H and O–H groups in total. The number of methoxy groups -OCH3 is 1. The fourth-order valence-electron chi connectivity index (χ4n) is 2.27. The number of allylic oxidation sites excluding steroid dienone is 2. The number of carbonyl (C=O) groups is 1. The van der Waals surface area contributed by atoms with E-state index in [1.807, 2.05) is 33.8 Å². The first kappa shape index (κ1) is 23.4. The number of rotatable bonds is 10. The summed E-state index contributed by atoms with van der Waals surface area (Å²) in [4.78, 5) is 14.2. The summed E-state index contributed by atoms with van der Waals surface area (Å²) in [5, 5.41) is 4.97. The fraction of sp³-hybridized carbons (Fsp3) is 0.706. The summed E-state index contributed by atoms with van der Waals surface area (Å²) in [6, 6.07) is 0. The van der Waals surface area contributed by atoms with Crippen LogP contribution < -0.4 is 4.74 Å². The minimum absolute atomic E-state index is 0.231. The third-order valence-electron chi connectivity index (χ3n) is 3.28. The SMILES string of the molecule is COCCN(C(=O)COc1nnc(C(F)(F)F)s1)C(=CC(C)C)CC(C)C. The van der Waals surface area contributed by atoms with Crippen molar-refractivity contribution in [3.05, 3.63) is 16.8 Å². The van der Waals surface area contributed by atoms with Gasteiger partial charge in [0.05, 0.1) is 6.61 Å². The van der Waals surface area contributed by atoms with Crippen molar-refractivity contribution >= 4 is 17.2 Å². The van der Waals surface area contributed by atoms with Crippen LogP contribution in [0.4, 0.5) is 13.2 Å². The zero-order chi connectivity index (χ0) is 20.6. The Kier molecular flexibility index (Phi) is 9.17. The molecule has 0 unspecified atom stereocenters. The van der Waals surface area contributed by atoms with Gasteiger partial charge in [0.2, 0.25) is 5.01 Å². The maximum atomic E-state index is 12.7. The lowest BCUT2D eigenvalue weighted by Gasteiger charge is -2.27. The van der Waals surface area contributed by atoms with Gasteiger partial charge in [-0.3, -0.25) is 4.79 Å². The highest BCUT2D eigenvalue weighted by Crippen LogP contribution is 2.33. The molecule has 1 rings (SSSR count). The smallest absolute Gasteiger partial charge is 0.445 e. The summed E-state index contributed by atoms with van der Waals surface area (Å²) in [5.74, 6) is 0.185. The maximum Gasteiger partial charge on any atom is 0.445 e. The number of nitrogens with zero attached hydrogens (tertiary/aromatic N) is 3. The largest absolute Gasteiger partial charge is 0.459 e. The van der Waals surface area contributed by atoms with Gasteiger partial charge < -0.3 is 14.4 Å². The van der Waals surface area contributed by atoms with Gasteiger partial charge in [0.15, 0.2) is 6.61 Å². The summed E-state index contributed by atoms with van der Waals surface area (Å²) in [7, 11) is 1.54. The predicted octanol–water partition coefficient (Wildman–Crippen LogP) is 4.00. The van der Waals surface area contributed by atoms with Crippen LogP contribution in [0.25, 0.3) is 0 Å². The fourth-order valence-corrected chi connectivity index (χ4v) is 2.83. The van der Waals surface area contributed by atoms with E-state index >= 15 is 0 Å². The molecule has 0 aliphatic heterocycles. The average Bonchev–Trinajstić information content (AvgIpc) is 3.01. The van der Waals surface area contributed by atoms with Crippen LogP contribution in [0.5, 0.6) is 5.19 Å². The molecule has 0 radical (unpaired) electrons. The van der Waals surface area contributed by atoms with E-state index in [-0.39, 0.29) is 28.4 Å². The molecular formula is C17H26F3N3O3S. The first-order valence-electron chi connectivity index (χ1n) is 8.58. The number of halogens is 3. The van der Waals surface area contributed by atoms with E-state index in [0.717, 1.165) is 5.70 Å². The van der Waals surface area contributed by atoms with Crippen molar-refractivity contribution in [2.24, 2.45) is 11.8 Å². The number of ether oxygens (including phenoxy) is 2. The highest BCUT2D eigenvalue weighted by molar-refractivity contribution is 7.13. The summed E-state index contributed by atoms with van der Waals surface area (Å²) >= 11 is 0.262.